The Hall–Kier alpha value is -1.17. The summed E-state index contributed by atoms with van der Waals surface area (Å²) in [7, 11) is 0. The van der Waals surface area contributed by atoms with E-state index in [0.29, 0.717) is 0 Å². The van der Waals surface area contributed by atoms with Gasteiger partial charge in [-0.3, -0.25) is 16.0 Å². The predicted molar refractivity (Wildman–Crippen MR) is 80.5 cm³/mol. The van der Waals surface area contributed by atoms with Crippen molar-refractivity contribution in [2.75, 3.05) is 0 Å². The maximum absolute atomic E-state index is 5.72. The van der Waals surface area contributed by atoms with Crippen molar-refractivity contribution in [2.24, 2.45) is 5.84 Å². The SMILES string of the molecule is CCn1cc(CC(NN)c2cccc(Br)c2C)cn1. The molecule has 1 heterocycles. The largest absolute Gasteiger partial charge is 0.273 e. The van der Waals surface area contributed by atoms with Gasteiger partial charge in [0.2, 0.25) is 0 Å². The third kappa shape index (κ3) is 3.23. The number of hydrazine groups is 1. The van der Waals surface area contributed by atoms with Gasteiger partial charge < -0.3 is 0 Å². The summed E-state index contributed by atoms with van der Waals surface area (Å²) in [5.74, 6) is 5.72. The minimum atomic E-state index is 0.0898. The molecule has 1 atom stereocenters. The smallest absolute Gasteiger partial charge is 0.0522 e. The molecule has 0 aliphatic rings. The Kier molecular flexibility index (Phi) is 4.74. The van der Waals surface area contributed by atoms with Gasteiger partial charge in [-0.2, -0.15) is 5.10 Å². The lowest BCUT2D eigenvalue weighted by Crippen LogP contribution is -2.30. The molecule has 0 saturated heterocycles. The number of benzene rings is 1. The summed E-state index contributed by atoms with van der Waals surface area (Å²) in [6.45, 7) is 5.06. The molecule has 0 aliphatic carbocycles. The van der Waals surface area contributed by atoms with Gasteiger partial charge in [0.05, 0.1) is 12.2 Å². The molecule has 0 amide bonds. The topological polar surface area (TPSA) is 55.9 Å². The Balaban J connectivity index is 2.22. The Bertz CT molecular complexity index is 550. The molecule has 3 N–H and O–H groups in total. The van der Waals surface area contributed by atoms with Gasteiger partial charge in [-0.15, -0.1) is 0 Å². The van der Waals surface area contributed by atoms with Crippen molar-refractivity contribution in [1.82, 2.24) is 15.2 Å². The molecule has 1 aromatic carbocycles. The number of hydrogen-bond donors (Lipinski definition) is 2. The zero-order chi connectivity index (χ0) is 13.8. The molecule has 1 aromatic heterocycles. The molecule has 0 saturated carbocycles. The van der Waals surface area contributed by atoms with E-state index < -0.39 is 0 Å². The minimum Gasteiger partial charge on any atom is -0.273 e. The number of aromatic nitrogens is 2. The average molecular weight is 323 g/mol. The lowest BCUT2D eigenvalue weighted by Gasteiger charge is -2.18. The number of hydrogen-bond acceptors (Lipinski definition) is 3. The molecule has 2 aromatic rings. The molecule has 0 fully saturated rings. The summed E-state index contributed by atoms with van der Waals surface area (Å²) in [5, 5.41) is 4.29. The van der Waals surface area contributed by atoms with Crippen LogP contribution >= 0.6 is 15.9 Å². The number of nitrogens with one attached hydrogen (secondary N) is 1. The third-order valence-corrected chi connectivity index (χ3v) is 4.20. The maximum atomic E-state index is 5.72. The molecule has 0 bridgehead atoms. The van der Waals surface area contributed by atoms with E-state index in [1.165, 1.54) is 16.7 Å². The van der Waals surface area contributed by atoms with Crippen LogP contribution in [0.3, 0.4) is 0 Å². The maximum Gasteiger partial charge on any atom is 0.0522 e. The highest BCUT2D eigenvalue weighted by atomic mass is 79.9. The molecule has 5 heteroatoms. The molecule has 4 nitrogen and oxygen atoms in total. The number of nitrogens with zero attached hydrogens (tertiary/aromatic N) is 2. The molecule has 1 unspecified atom stereocenters. The second-order valence-corrected chi connectivity index (χ2v) is 5.44. The molecular formula is C14H19BrN4. The highest BCUT2D eigenvalue weighted by Gasteiger charge is 2.15. The normalized spacial score (nSPS) is 12.6. The quantitative estimate of drug-likeness (QED) is 0.657. The predicted octanol–water partition coefficient (Wildman–Crippen LogP) is 2.72. The van der Waals surface area contributed by atoms with E-state index in [9.17, 15) is 0 Å². The fourth-order valence-corrected chi connectivity index (χ4v) is 2.56. The van der Waals surface area contributed by atoms with Crippen molar-refractivity contribution in [3.63, 3.8) is 0 Å². The van der Waals surface area contributed by atoms with Gasteiger partial charge in [-0.1, -0.05) is 28.1 Å². The molecule has 2 rings (SSSR count). The van der Waals surface area contributed by atoms with Gasteiger partial charge in [-0.25, -0.2) is 0 Å². The first-order valence-electron chi connectivity index (χ1n) is 6.38. The first kappa shape index (κ1) is 14.2. The Morgan fingerprint density at radius 2 is 2.26 bits per heavy atom. The second kappa shape index (κ2) is 6.32. The summed E-state index contributed by atoms with van der Waals surface area (Å²) in [6, 6.07) is 6.27. The highest BCUT2D eigenvalue weighted by molar-refractivity contribution is 9.10. The van der Waals surface area contributed by atoms with Crippen molar-refractivity contribution in [3.8, 4) is 0 Å². The van der Waals surface area contributed by atoms with E-state index in [-0.39, 0.29) is 6.04 Å². The average Bonchev–Trinajstić information content (AvgIpc) is 2.87. The van der Waals surface area contributed by atoms with E-state index in [0.717, 1.165) is 17.4 Å². The number of aryl methyl sites for hydroxylation is 1. The lowest BCUT2D eigenvalue weighted by molar-refractivity contribution is 0.548. The summed E-state index contributed by atoms with van der Waals surface area (Å²) in [6.07, 6.45) is 4.80. The second-order valence-electron chi connectivity index (χ2n) is 4.58. The van der Waals surface area contributed by atoms with Crippen LogP contribution in [0, 0.1) is 6.92 Å². The molecule has 102 valence electrons. The molecule has 0 aliphatic heterocycles. The standard InChI is InChI=1S/C14H19BrN4/c1-3-19-9-11(8-17-19)7-14(18-16)12-5-4-6-13(15)10(12)2/h4-6,8-9,14,18H,3,7,16H2,1-2H3. The molecule has 0 radical (unpaired) electrons. The van der Waals surface area contributed by atoms with Gasteiger partial charge in [0.15, 0.2) is 0 Å². The summed E-state index contributed by atoms with van der Waals surface area (Å²) in [5.41, 5.74) is 6.51. The van der Waals surface area contributed by atoms with Crippen molar-refractivity contribution < 1.29 is 0 Å². The Labute approximate surface area is 122 Å². The van der Waals surface area contributed by atoms with Crippen LogP contribution in [0.4, 0.5) is 0 Å². The fourth-order valence-electron chi connectivity index (χ4n) is 2.18. The van der Waals surface area contributed by atoms with E-state index in [1.54, 1.807) is 0 Å². The number of nitrogens with two attached hydrogens (primary N) is 1. The van der Waals surface area contributed by atoms with Gasteiger partial charge in [0.1, 0.15) is 0 Å². The minimum absolute atomic E-state index is 0.0898. The Morgan fingerprint density at radius 1 is 1.47 bits per heavy atom. The van der Waals surface area contributed by atoms with Gasteiger partial charge >= 0.3 is 0 Å². The summed E-state index contributed by atoms with van der Waals surface area (Å²) in [4.78, 5) is 0. The van der Waals surface area contributed by atoms with Crippen LogP contribution in [0.5, 0.6) is 0 Å². The summed E-state index contributed by atoms with van der Waals surface area (Å²) < 4.78 is 3.03. The van der Waals surface area contributed by atoms with Crippen LogP contribution < -0.4 is 11.3 Å². The van der Waals surface area contributed by atoms with Gasteiger partial charge in [0.25, 0.3) is 0 Å². The van der Waals surface area contributed by atoms with Crippen LogP contribution in [0.15, 0.2) is 35.1 Å². The molecule has 19 heavy (non-hydrogen) atoms. The van der Waals surface area contributed by atoms with E-state index in [1.807, 2.05) is 23.0 Å². The summed E-state index contributed by atoms with van der Waals surface area (Å²) >= 11 is 3.56. The zero-order valence-electron chi connectivity index (χ0n) is 11.2. The molecule has 0 spiro atoms. The monoisotopic (exact) mass is 322 g/mol. The van der Waals surface area contributed by atoms with E-state index in [2.05, 4.69) is 52.6 Å². The first-order chi connectivity index (χ1) is 9.15. The van der Waals surface area contributed by atoms with Crippen molar-refractivity contribution in [3.05, 3.63) is 51.8 Å². The fraction of sp³-hybridized carbons (Fsp3) is 0.357. The van der Waals surface area contributed by atoms with E-state index >= 15 is 0 Å². The van der Waals surface area contributed by atoms with Crippen LogP contribution in [0.1, 0.15) is 29.7 Å². The lowest BCUT2D eigenvalue weighted by atomic mass is 9.97. The van der Waals surface area contributed by atoms with Crippen molar-refractivity contribution in [2.45, 2.75) is 32.9 Å². The van der Waals surface area contributed by atoms with Crippen LogP contribution in [-0.4, -0.2) is 9.78 Å². The zero-order valence-corrected chi connectivity index (χ0v) is 12.8. The van der Waals surface area contributed by atoms with Gasteiger partial charge in [0, 0.05) is 17.2 Å². The number of rotatable bonds is 5. The van der Waals surface area contributed by atoms with Crippen LogP contribution in [-0.2, 0) is 13.0 Å². The Morgan fingerprint density at radius 3 is 2.89 bits per heavy atom. The van der Waals surface area contributed by atoms with E-state index in [4.69, 9.17) is 5.84 Å². The highest BCUT2D eigenvalue weighted by Crippen LogP contribution is 2.26. The van der Waals surface area contributed by atoms with Crippen LogP contribution in [0.25, 0.3) is 0 Å². The van der Waals surface area contributed by atoms with Crippen LogP contribution in [0.2, 0.25) is 0 Å². The van der Waals surface area contributed by atoms with Gasteiger partial charge in [-0.05, 0) is 43.0 Å². The third-order valence-electron chi connectivity index (χ3n) is 3.34. The first-order valence-corrected chi connectivity index (χ1v) is 7.17. The number of halogens is 1. The van der Waals surface area contributed by atoms with Crippen molar-refractivity contribution in [1.29, 1.82) is 0 Å². The molecular weight excluding hydrogens is 304 g/mol. The van der Waals surface area contributed by atoms with Crippen molar-refractivity contribution >= 4 is 15.9 Å².